The van der Waals surface area contributed by atoms with Crippen molar-refractivity contribution in [1.29, 1.82) is 0 Å². The van der Waals surface area contributed by atoms with E-state index < -0.39 is 17.7 Å². The standard InChI is InChI=1S/C21H22BrN3O3/c1-24(2)12-3-13-25-18(14-8-10-23-11-9-14)17(20(27)21(25)28)19(26)15-4-6-16(22)7-5-15/h4-11,18,26H,3,12-13H2,1-2H3/b19-17-. The number of nitrogens with zero attached hydrogens (tertiary/aromatic N) is 3. The summed E-state index contributed by atoms with van der Waals surface area (Å²) in [5, 5.41) is 10.9. The lowest BCUT2D eigenvalue weighted by atomic mass is 9.96. The number of amides is 1. The Hall–Kier alpha value is -2.51. The summed E-state index contributed by atoms with van der Waals surface area (Å²) < 4.78 is 0.860. The predicted octanol–water partition coefficient (Wildman–Crippen LogP) is 3.22. The number of halogens is 1. The van der Waals surface area contributed by atoms with Crippen LogP contribution in [-0.4, -0.2) is 58.8 Å². The summed E-state index contributed by atoms with van der Waals surface area (Å²) in [6.07, 6.45) is 3.96. The lowest BCUT2D eigenvalue weighted by Crippen LogP contribution is -2.32. The molecule has 6 nitrogen and oxygen atoms in total. The van der Waals surface area contributed by atoms with Gasteiger partial charge in [-0.1, -0.05) is 28.1 Å². The van der Waals surface area contributed by atoms with E-state index in [1.54, 1.807) is 53.7 Å². The normalized spacial score (nSPS) is 18.9. The number of Topliss-reactive ketones (excluding diaryl/α,β-unsaturated/α-hetero) is 1. The molecular formula is C21H22BrN3O3. The number of rotatable bonds is 6. The van der Waals surface area contributed by atoms with Crippen LogP contribution in [0.4, 0.5) is 0 Å². The topological polar surface area (TPSA) is 73.7 Å². The van der Waals surface area contributed by atoms with Crippen LogP contribution in [-0.2, 0) is 9.59 Å². The first-order valence-electron chi connectivity index (χ1n) is 8.99. The number of aliphatic hydroxyl groups excluding tert-OH is 1. The van der Waals surface area contributed by atoms with Crippen LogP contribution in [0.1, 0.15) is 23.6 Å². The summed E-state index contributed by atoms with van der Waals surface area (Å²) >= 11 is 3.36. The van der Waals surface area contributed by atoms with E-state index in [4.69, 9.17) is 0 Å². The molecule has 1 fully saturated rings. The van der Waals surface area contributed by atoms with E-state index in [1.807, 2.05) is 19.0 Å². The van der Waals surface area contributed by atoms with E-state index >= 15 is 0 Å². The minimum atomic E-state index is -0.660. The molecule has 0 radical (unpaired) electrons. The Kier molecular flexibility index (Phi) is 6.26. The minimum absolute atomic E-state index is 0.114. The van der Waals surface area contributed by atoms with Gasteiger partial charge in [0.05, 0.1) is 11.6 Å². The Labute approximate surface area is 172 Å². The molecule has 1 unspecified atom stereocenters. The molecule has 2 aromatic rings. The van der Waals surface area contributed by atoms with Gasteiger partial charge in [0.1, 0.15) is 5.76 Å². The maximum absolute atomic E-state index is 12.8. The van der Waals surface area contributed by atoms with Crippen molar-refractivity contribution in [1.82, 2.24) is 14.8 Å². The second-order valence-corrected chi connectivity index (χ2v) is 7.85. The van der Waals surface area contributed by atoms with Crippen molar-refractivity contribution in [2.75, 3.05) is 27.2 Å². The largest absolute Gasteiger partial charge is 0.507 e. The second-order valence-electron chi connectivity index (χ2n) is 6.94. The molecule has 3 rings (SSSR count). The number of pyridine rings is 1. The molecule has 0 aliphatic carbocycles. The van der Waals surface area contributed by atoms with Gasteiger partial charge in [-0.3, -0.25) is 14.6 Å². The molecule has 7 heteroatoms. The third-order valence-electron chi connectivity index (χ3n) is 4.68. The molecule has 146 valence electrons. The average Bonchev–Trinajstić information content (AvgIpc) is 2.93. The van der Waals surface area contributed by atoms with Gasteiger partial charge in [-0.05, 0) is 56.9 Å². The van der Waals surface area contributed by atoms with E-state index in [9.17, 15) is 14.7 Å². The highest BCUT2D eigenvalue weighted by atomic mass is 79.9. The fraction of sp³-hybridized carbons (Fsp3) is 0.286. The molecule has 1 saturated heterocycles. The van der Waals surface area contributed by atoms with Crippen LogP contribution >= 0.6 is 15.9 Å². The van der Waals surface area contributed by atoms with Crippen LogP contribution in [0.5, 0.6) is 0 Å². The zero-order chi connectivity index (χ0) is 20.3. The van der Waals surface area contributed by atoms with Crippen LogP contribution in [0.25, 0.3) is 5.76 Å². The van der Waals surface area contributed by atoms with Crippen molar-refractivity contribution < 1.29 is 14.7 Å². The van der Waals surface area contributed by atoms with Gasteiger partial charge < -0.3 is 14.9 Å². The highest BCUT2D eigenvalue weighted by molar-refractivity contribution is 9.10. The summed E-state index contributed by atoms with van der Waals surface area (Å²) in [6.45, 7) is 1.21. The molecule has 0 spiro atoms. The third kappa shape index (κ3) is 4.15. The molecule has 1 atom stereocenters. The second kappa shape index (κ2) is 8.67. The van der Waals surface area contributed by atoms with Gasteiger partial charge in [0.2, 0.25) is 0 Å². The molecule has 28 heavy (non-hydrogen) atoms. The summed E-state index contributed by atoms with van der Waals surface area (Å²) in [4.78, 5) is 33.2. The van der Waals surface area contributed by atoms with Crippen molar-refractivity contribution in [2.24, 2.45) is 0 Å². The summed E-state index contributed by atoms with van der Waals surface area (Å²) in [6, 6.07) is 9.89. The van der Waals surface area contributed by atoms with E-state index in [2.05, 4.69) is 20.9 Å². The number of benzene rings is 1. The molecule has 1 N–H and O–H groups in total. The predicted molar refractivity (Wildman–Crippen MR) is 111 cm³/mol. The summed E-state index contributed by atoms with van der Waals surface area (Å²) in [5.74, 6) is -1.41. The van der Waals surface area contributed by atoms with Crippen molar-refractivity contribution >= 4 is 33.4 Å². The number of aliphatic hydroxyl groups is 1. The van der Waals surface area contributed by atoms with Crippen LogP contribution in [0.3, 0.4) is 0 Å². The fourth-order valence-electron chi connectivity index (χ4n) is 3.32. The van der Waals surface area contributed by atoms with Crippen molar-refractivity contribution in [2.45, 2.75) is 12.5 Å². The lowest BCUT2D eigenvalue weighted by Gasteiger charge is -2.25. The Balaban J connectivity index is 2.06. The quantitative estimate of drug-likeness (QED) is 0.421. The van der Waals surface area contributed by atoms with E-state index in [0.29, 0.717) is 12.1 Å². The van der Waals surface area contributed by atoms with Gasteiger partial charge in [0.15, 0.2) is 0 Å². The van der Waals surface area contributed by atoms with E-state index in [-0.39, 0.29) is 11.3 Å². The van der Waals surface area contributed by atoms with Crippen LogP contribution in [0.2, 0.25) is 0 Å². The Bertz CT molecular complexity index is 895. The first-order chi connectivity index (χ1) is 13.4. The number of hydrogen-bond acceptors (Lipinski definition) is 5. The molecule has 1 aliphatic rings. The van der Waals surface area contributed by atoms with Crippen molar-refractivity contribution in [3.05, 3.63) is 70.0 Å². The van der Waals surface area contributed by atoms with E-state index in [0.717, 1.165) is 23.0 Å². The number of carbonyl (C=O) groups excluding carboxylic acids is 2. The van der Waals surface area contributed by atoms with Gasteiger partial charge in [-0.15, -0.1) is 0 Å². The Morgan fingerprint density at radius 2 is 1.79 bits per heavy atom. The highest BCUT2D eigenvalue weighted by Gasteiger charge is 2.45. The minimum Gasteiger partial charge on any atom is -0.507 e. The summed E-state index contributed by atoms with van der Waals surface area (Å²) in [7, 11) is 3.92. The smallest absolute Gasteiger partial charge is 0.295 e. The number of likely N-dealkylation sites (tertiary alicyclic amines) is 1. The van der Waals surface area contributed by atoms with Gasteiger partial charge in [-0.25, -0.2) is 0 Å². The molecule has 1 aliphatic heterocycles. The number of carbonyl (C=O) groups is 2. The Morgan fingerprint density at radius 1 is 1.14 bits per heavy atom. The Morgan fingerprint density at radius 3 is 2.39 bits per heavy atom. The monoisotopic (exact) mass is 443 g/mol. The molecular weight excluding hydrogens is 422 g/mol. The molecule has 2 heterocycles. The molecule has 1 aromatic heterocycles. The first kappa shape index (κ1) is 20.2. The van der Waals surface area contributed by atoms with E-state index in [1.165, 1.54) is 0 Å². The maximum atomic E-state index is 12.8. The molecule has 0 saturated carbocycles. The van der Waals surface area contributed by atoms with Crippen molar-refractivity contribution in [3.63, 3.8) is 0 Å². The molecule has 1 amide bonds. The number of ketones is 1. The van der Waals surface area contributed by atoms with Gasteiger partial charge in [-0.2, -0.15) is 0 Å². The fourth-order valence-corrected chi connectivity index (χ4v) is 3.59. The van der Waals surface area contributed by atoms with Gasteiger partial charge >= 0.3 is 0 Å². The number of aromatic nitrogens is 1. The SMILES string of the molecule is CN(C)CCCN1C(=O)C(=O)/C(=C(\O)c2ccc(Br)cc2)C1c1ccncc1. The first-order valence-corrected chi connectivity index (χ1v) is 9.78. The van der Waals surface area contributed by atoms with Crippen molar-refractivity contribution in [3.8, 4) is 0 Å². The zero-order valence-electron chi connectivity index (χ0n) is 15.8. The zero-order valence-corrected chi connectivity index (χ0v) is 17.4. The molecule has 0 bridgehead atoms. The molecule has 1 aromatic carbocycles. The van der Waals surface area contributed by atoms with Crippen LogP contribution in [0, 0.1) is 0 Å². The summed E-state index contributed by atoms with van der Waals surface area (Å²) in [5.41, 5.74) is 1.36. The number of hydrogen-bond donors (Lipinski definition) is 1. The van der Waals surface area contributed by atoms with Crippen LogP contribution < -0.4 is 0 Å². The average molecular weight is 444 g/mol. The maximum Gasteiger partial charge on any atom is 0.295 e. The van der Waals surface area contributed by atoms with Gasteiger partial charge in [0.25, 0.3) is 11.7 Å². The third-order valence-corrected chi connectivity index (χ3v) is 5.21. The van der Waals surface area contributed by atoms with Crippen LogP contribution in [0.15, 0.2) is 58.8 Å². The van der Waals surface area contributed by atoms with Gasteiger partial charge in [0, 0.05) is 29.0 Å². The lowest BCUT2D eigenvalue weighted by molar-refractivity contribution is -0.139. The highest BCUT2D eigenvalue weighted by Crippen LogP contribution is 2.39.